The molecule has 2 nitrogen and oxygen atoms in total. The van der Waals surface area contributed by atoms with Gasteiger partial charge in [0.15, 0.2) is 6.20 Å². The summed E-state index contributed by atoms with van der Waals surface area (Å²) in [5, 5.41) is 11.4. The summed E-state index contributed by atoms with van der Waals surface area (Å²) in [7, 11) is 0. The first-order chi connectivity index (χ1) is 5.24. The van der Waals surface area contributed by atoms with E-state index < -0.39 is 0 Å². The standard InChI is InChI=1S/C8H11NOS/c1-2-3-7-4-5-8(11)9(10)6-7/h4-6,11H,2-3H2,1H3. The van der Waals surface area contributed by atoms with Crippen LogP contribution < -0.4 is 4.73 Å². The average Bonchev–Trinajstić information content (AvgIpc) is 1.98. The molecule has 0 saturated heterocycles. The minimum absolute atomic E-state index is 0.449. The number of aromatic nitrogens is 1. The molecule has 0 fully saturated rings. The van der Waals surface area contributed by atoms with Gasteiger partial charge in [0.1, 0.15) is 0 Å². The molecule has 1 rings (SSSR count). The van der Waals surface area contributed by atoms with E-state index in [0.717, 1.165) is 23.1 Å². The first kappa shape index (κ1) is 8.40. The number of nitrogens with zero attached hydrogens (tertiary/aromatic N) is 1. The second kappa shape index (κ2) is 3.62. The molecule has 11 heavy (non-hydrogen) atoms. The van der Waals surface area contributed by atoms with E-state index in [9.17, 15) is 5.21 Å². The monoisotopic (exact) mass is 169 g/mol. The Morgan fingerprint density at radius 3 is 2.82 bits per heavy atom. The zero-order chi connectivity index (χ0) is 8.27. The van der Waals surface area contributed by atoms with Crippen LogP contribution in [0.5, 0.6) is 0 Å². The molecular formula is C8H11NOS. The summed E-state index contributed by atoms with van der Waals surface area (Å²) in [6, 6.07) is 3.65. The van der Waals surface area contributed by atoms with Gasteiger partial charge < -0.3 is 5.21 Å². The molecule has 0 aliphatic rings. The van der Waals surface area contributed by atoms with E-state index in [1.165, 1.54) is 0 Å². The Kier molecular flexibility index (Phi) is 2.76. The molecule has 0 aliphatic carbocycles. The zero-order valence-corrected chi connectivity index (χ0v) is 7.34. The number of pyridine rings is 1. The van der Waals surface area contributed by atoms with E-state index in [1.807, 2.05) is 6.07 Å². The van der Waals surface area contributed by atoms with Crippen LogP contribution in [0.15, 0.2) is 23.4 Å². The Balaban J connectivity index is 2.86. The van der Waals surface area contributed by atoms with Crippen molar-refractivity contribution in [1.29, 1.82) is 0 Å². The largest absolute Gasteiger partial charge is 0.618 e. The minimum atomic E-state index is 0.449. The summed E-state index contributed by atoms with van der Waals surface area (Å²) in [5.41, 5.74) is 1.07. The highest BCUT2D eigenvalue weighted by Gasteiger charge is 2.00. The molecule has 0 unspecified atom stereocenters. The van der Waals surface area contributed by atoms with Crippen molar-refractivity contribution in [3.05, 3.63) is 29.1 Å². The fraction of sp³-hybridized carbons (Fsp3) is 0.375. The topological polar surface area (TPSA) is 26.9 Å². The average molecular weight is 169 g/mol. The molecule has 0 spiro atoms. The third-order valence-corrected chi connectivity index (χ3v) is 1.84. The molecule has 60 valence electrons. The second-order valence-corrected chi connectivity index (χ2v) is 2.93. The fourth-order valence-corrected chi connectivity index (χ4v) is 1.08. The lowest BCUT2D eigenvalue weighted by atomic mass is 10.2. The van der Waals surface area contributed by atoms with Crippen LogP contribution in [-0.2, 0) is 6.42 Å². The summed E-state index contributed by atoms with van der Waals surface area (Å²) < 4.78 is 0.786. The molecule has 0 N–H and O–H groups in total. The maximum absolute atomic E-state index is 11.0. The van der Waals surface area contributed by atoms with Crippen molar-refractivity contribution in [3.63, 3.8) is 0 Å². The van der Waals surface area contributed by atoms with E-state index in [4.69, 9.17) is 0 Å². The molecule has 1 aromatic rings. The lowest BCUT2D eigenvalue weighted by molar-refractivity contribution is -0.645. The molecule has 0 atom stereocenters. The molecule has 0 bridgehead atoms. The number of hydrogen-bond donors (Lipinski definition) is 1. The highest BCUT2D eigenvalue weighted by Crippen LogP contribution is 2.03. The summed E-state index contributed by atoms with van der Waals surface area (Å²) in [4.78, 5) is 0. The molecular weight excluding hydrogens is 158 g/mol. The summed E-state index contributed by atoms with van der Waals surface area (Å²) in [6.45, 7) is 2.09. The predicted molar refractivity (Wildman–Crippen MR) is 46.6 cm³/mol. The van der Waals surface area contributed by atoms with Crippen LogP contribution in [0.2, 0.25) is 0 Å². The van der Waals surface area contributed by atoms with Crippen molar-refractivity contribution >= 4 is 12.6 Å². The van der Waals surface area contributed by atoms with E-state index >= 15 is 0 Å². The van der Waals surface area contributed by atoms with Gasteiger partial charge in [0.05, 0.1) is 0 Å². The molecule has 0 aromatic carbocycles. The van der Waals surface area contributed by atoms with Crippen LogP contribution >= 0.6 is 12.6 Å². The van der Waals surface area contributed by atoms with Gasteiger partial charge in [-0.2, -0.15) is 4.73 Å². The van der Waals surface area contributed by atoms with Crippen molar-refractivity contribution in [2.45, 2.75) is 24.8 Å². The fourth-order valence-electron chi connectivity index (χ4n) is 0.951. The maximum Gasteiger partial charge on any atom is 0.248 e. The van der Waals surface area contributed by atoms with Gasteiger partial charge in [-0.3, -0.25) is 0 Å². The molecule has 0 aliphatic heterocycles. The van der Waals surface area contributed by atoms with Crippen molar-refractivity contribution in [2.75, 3.05) is 0 Å². The lowest BCUT2D eigenvalue weighted by Gasteiger charge is -2.01. The first-order valence-electron chi connectivity index (χ1n) is 3.65. The van der Waals surface area contributed by atoms with Gasteiger partial charge in [-0.05, 0) is 12.5 Å². The smallest absolute Gasteiger partial charge is 0.248 e. The van der Waals surface area contributed by atoms with Crippen LogP contribution in [-0.4, -0.2) is 0 Å². The maximum atomic E-state index is 11.0. The second-order valence-electron chi connectivity index (χ2n) is 2.47. The van der Waals surface area contributed by atoms with Gasteiger partial charge in [-0.25, -0.2) is 0 Å². The number of thiol groups is 1. The Morgan fingerprint density at radius 1 is 1.55 bits per heavy atom. The van der Waals surface area contributed by atoms with Crippen LogP contribution in [0.3, 0.4) is 0 Å². The van der Waals surface area contributed by atoms with E-state index in [2.05, 4.69) is 19.6 Å². The Morgan fingerprint density at radius 2 is 2.27 bits per heavy atom. The molecule has 0 amide bonds. The van der Waals surface area contributed by atoms with Crippen molar-refractivity contribution < 1.29 is 4.73 Å². The van der Waals surface area contributed by atoms with Gasteiger partial charge in [-0.1, -0.05) is 26.0 Å². The van der Waals surface area contributed by atoms with Crippen molar-refractivity contribution in [1.82, 2.24) is 0 Å². The number of aryl methyl sites for hydroxylation is 1. The van der Waals surface area contributed by atoms with Gasteiger partial charge in [0, 0.05) is 11.6 Å². The Labute approximate surface area is 71.9 Å². The van der Waals surface area contributed by atoms with E-state index in [-0.39, 0.29) is 0 Å². The summed E-state index contributed by atoms with van der Waals surface area (Å²) in [6.07, 6.45) is 3.59. The van der Waals surface area contributed by atoms with Crippen molar-refractivity contribution in [3.8, 4) is 0 Å². The van der Waals surface area contributed by atoms with Gasteiger partial charge in [0.25, 0.3) is 0 Å². The molecule has 1 aromatic heterocycles. The Hall–Kier alpha value is -0.700. The normalized spacial score (nSPS) is 10.0. The highest BCUT2D eigenvalue weighted by molar-refractivity contribution is 7.80. The lowest BCUT2D eigenvalue weighted by Crippen LogP contribution is -2.27. The third-order valence-electron chi connectivity index (χ3n) is 1.49. The number of rotatable bonds is 2. The SMILES string of the molecule is CCCc1ccc(S)[n+]([O-])c1. The molecule has 3 heteroatoms. The third kappa shape index (κ3) is 2.12. The van der Waals surface area contributed by atoms with Crippen LogP contribution in [0.1, 0.15) is 18.9 Å². The number of hydrogen-bond acceptors (Lipinski definition) is 2. The predicted octanol–water partition coefficient (Wildman–Crippen LogP) is 1.56. The van der Waals surface area contributed by atoms with Crippen molar-refractivity contribution in [2.24, 2.45) is 0 Å². The quantitative estimate of drug-likeness (QED) is 0.406. The van der Waals surface area contributed by atoms with Gasteiger partial charge in [0.2, 0.25) is 5.03 Å². The van der Waals surface area contributed by atoms with Crippen LogP contribution in [0, 0.1) is 5.21 Å². The highest BCUT2D eigenvalue weighted by atomic mass is 32.1. The summed E-state index contributed by atoms with van der Waals surface area (Å²) in [5.74, 6) is 0. The van der Waals surface area contributed by atoms with E-state index in [1.54, 1.807) is 12.3 Å². The first-order valence-corrected chi connectivity index (χ1v) is 4.10. The van der Waals surface area contributed by atoms with Crippen LogP contribution in [0.25, 0.3) is 0 Å². The minimum Gasteiger partial charge on any atom is -0.618 e. The summed E-state index contributed by atoms with van der Waals surface area (Å²) >= 11 is 3.96. The van der Waals surface area contributed by atoms with Crippen LogP contribution in [0.4, 0.5) is 0 Å². The van der Waals surface area contributed by atoms with E-state index in [0.29, 0.717) is 5.03 Å². The van der Waals surface area contributed by atoms with Gasteiger partial charge in [-0.15, -0.1) is 0 Å². The zero-order valence-electron chi connectivity index (χ0n) is 6.45. The molecule has 1 heterocycles. The van der Waals surface area contributed by atoms with Gasteiger partial charge >= 0.3 is 0 Å². The molecule has 0 radical (unpaired) electrons. The molecule has 0 saturated carbocycles. The Bertz CT molecular complexity index is 250.